The van der Waals surface area contributed by atoms with Crippen LogP contribution in [0.1, 0.15) is 11.1 Å². The number of phenols is 3. The van der Waals surface area contributed by atoms with Gasteiger partial charge in [0.15, 0.2) is 0 Å². The maximum absolute atomic E-state index is 11.9. The van der Waals surface area contributed by atoms with Crippen LogP contribution in [0.25, 0.3) is 23.1 Å². The Morgan fingerprint density at radius 3 is 2.27 bits per heavy atom. The standard InChI is InChI=1S/C17H12O5/c18-13-5-3-10(15(20)8-13)1-2-12-7-11-4-6-14(19)9-16(11)22-17(12)21/h1-9,18-20H. The average Bonchev–Trinajstić information content (AvgIpc) is 2.46. The zero-order valence-corrected chi connectivity index (χ0v) is 11.4. The van der Waals surface area contributed by atoms with E-state index in [0.717, 1.165) is 0 Å². The van der Waals surface area contributed by atoms with Crippen molar-refractivity contribution in [3.63, 3.8) is 0 Å². The van der Waals surface area contributed by atoms with Crippen molar-refractivity contribution in [2.75, 3.05) is 0 Å². The lowest BCUT2D eigenvalue weighted by Crippen LogP contribution is -2.02. The smallest absolute Gasteiger partial charge is 0.343 e. The van der Waals surface area contributed by atoms with Gasteiger partial charge in [0.1, 0.15) is 22.8 Å². The second kappa shape index (κ2) is 5.29. The third-order valence-corrected chi connectivity index (χ3v) is 3.20. The van der Waals surface area contributed by atoms with Crippen molar-refractivity contribution in [1.82, 2.24) is 0 Å². The molecule has 5 heteroatoms. The van der Waals surface area contributed by atoms with Gasteiger partial charge >= 0.3 is 5.63 Å². The summed E-state index contributed by atoms with van der Waals surface area (Å²) in [4.78, 5) is 11.9. The Morgan fingerprint density at radius 2 is 1.50 bits per heavy atom. The first-order valence-electron chi connectivity index (χ1n) is 6.50. The number of phenolic OH excluding ortho intramolecular Hbond substituents is 3. The zero-order valence-electron chi connectivity index (χ0n) is 11.4. The molecule has 5 nitrogen and oxygen atoms in total. The molecule has 1 aromatic heterocycles. The number of fused-ring (bicyclic) bond motifs is 1. The summed E-state index contributed by atoms with van der Waals surface area (Å²) in [5.41, 5.74) is 0.524. The van der Waals surface area contributed by atoms with E-state index in [2.05, 4.69) is 0 Å². The van der Waals surface area contributed by atoms with Crippen molar-refractivity contribution in [2.24, 2.45) is 0 Å². The van der Waals surface area contributed by atoms with Gasteiger partial charge in [0.2, 0.25) is 0 Å². The minimum atomic E-state index is -0.549. The first kappa shape index (κ1) is 13.8. The van der Waals surface area contributed by atoms with E-state index in [1.54, 1.807) is 18.2 Å². The second-order valence-electron chi connectivity index (χ2n) is 4.79. The van der Waals surface area contributed by atoms with E-state index in [1.165, 1.54) is 36.4 Å². The number of rotatable bonds is 2. The molecule has 0 bridgehead atoms. The molecular weight excluding hydrogens is 284 g/mol. The molecule has 0 aliphatic heterocycles. The summed E-state index contributed by atoms with van der Waals surface area (Å²) in [6.07, 6.45) is 3.07. The SMILES string of the molecule is O=c1oc2cc(O)ccc2cc1C=Cc1ccc(O)cc1O. The third kappa shape index (κ3) is 2.64. The molecule has 0 saturated heterocycles. The van der Waals surface area contributed by atoms with E-state index < -0.39 is 5.63 Å². The number of benzene rings is 2. The quantitative estimate of drug-likeness (QED) is 0.632. The molecule has 3 aromatic rings. The maximum atomic E-state index is 11.9. The summed E-state index contributed by atoms with van der Waals surface area (Å²) in [7, 11) is 0. The van der Waals surface area contributed by atoms with Crippen LogP contribution < -0.4 is 5.63 Å². The molecule has 3 rings (SSSR count). The molecule has 0 fully saturated rings. The first-order valence-corrected chi connectivity index (χ1v) is 6.50. The fourth-order valence-corrected chi connectivity index (χ4v) is 2.08. The van der Waals surface area contributed by atoms with Gasteiger partial charge in [-0.15, -0.1) is 0 Å². The zero-order chi connectivity index (χ0) is 15.7. The molecule has 0 unspecified atom stereocenters. The molecule has 3 N–H and O–H groups in total. The van der Waals surface area contributed by atoms with Crippen LogP contribution in [0.5, 0.6) is 17.2 Å². The molecule has 0 radical (unpaired) electrons. The van der Waals surface area contributed by atoms with E-state index in [4.69, 9.17) is 4.42 Å². The van der Waals surface area contributed by atoms with E-state index in [9.17, 15) is 20.1 Å². The summed E-state index contributed by atoms with van der Waals surface area (Å²) < 4.78 is 5.14. The monoisotopic (exact) mass is 296 g/mol. The van der Waals surface area contributed by atoms with Gasteiger partial charge in [-0.1, -0.05) is 6.08 Å². The highest BCUT2D eigenvalue weighted by molar-refractivity contribution is 5.82. The van der Waals surface area contributed by atoms with Crippen molar-refractivity contribution < 1.29 is 19.7 Å². The highest BCUT2D eigenvalue weighted by atomic mass is 16.4. The van der Waals surface area contributed by atoms with Crippen LogP contribution in [0.3, 0.4) is 0 Å². The average molecular weight is 296 g/mol. The van der Waals surface area contributed by atoms with Gasteiger partial charge in [-0.3, -0.25) is 0 Å². The molecule has 0 aliphatic rings. The van der Waals surface area contributed by atoms with Gasteiger partial charge in [-0.2, -0.15) is 0 Å². The van der Waals surface area contributed by atoms with E-state index >= 15 is 0 Å². The highest BCUT2D eigenvalue weighted by Gasteiger charge is 2.04. The number of hydrogen-bond donors (Lipinski definition) is 3. The minimum absolute atomic E-state index is 0.0213. The van der Waals surface area contributed by atoms with Gasteiger partial charge in [0.25, 0.3) is 0 Å². The topological polar surface area (TPSA) is 90.9 Å². The Hall–Kier alpha value is -3.21. The van der Waals surface area contributed by atoms with Crippen LogP contribution in [0.2, 0.25) is 0 Å². The maximum Gasteiger partial charge on any atom is 0.343 e. The molecular formula is C17H12O5. The number of aromatic hydroxyl groups is 3. The van der Waals surface area contributed by atoms with Crippen LogP contribution >= 0.6 is 0 Å². The first-order chi connectivity index (χ1) is 10.5. The molecule has 110 valence electrons. The Bertz CT molecular complexity index is 937. The fraction of sp³-hybridized carbons (Fsp3) is 0. The Labute approximate surface area is 125 Å². The summed E-state index contributed by atoms with van der Waals surface area (Å²) in [6.45, 7) is 0. The summed E-state index contributed by atoms with van der Waals surface area (Å²) in [5.74, 6) is -0.112. The van der Waals surface area contributed by atoms with Crippen molar-refractivity contribution in [2.45, 2.75) is 0 Å². The van der Waals surface area contributed by atoms with Crippen molar-refractivity contribution >= 4 is 23.1 Å². The van der Waals surface area contributed by atoms with Crippen molar-refractivity contribution in [3.8, 4) is 17.2 Å². The molecule has 0 atom stereocenters. The van der Waals surface area contributed by atoms with Crippen LogP contribution in [0.4, 0.5) is 0 Å². The van der Waals surface area contributed by atoms with Gasteiger partial charge in [-0.25, -0.2) is 4.79 Å². The molecule has 1 heterocycles. The molecule has 0 spiro atoms. The Kier molecular flexibility index (Phi) is 3.31. The van der Waals surface area contributed by atoms with E-state index in [-0.39, 0.29) is 17.2 Å². The minimum Gasteiger partial charge on any atom is -0.508 e. The normalized spacial score (nSPS) is 11.3. The van der Waals surface area contributed by atoms with Crippen LogP contribution in [0.15, 0.2) is 51.7 Å². The highest BCUT2D eigenvalue weighted by Crippen LogP contribution is 2.25. The number of hydrogen-bond acceptors (Lipinski definition) is 5. The molecule has 0 aliphatic carbocycles. The lowest BCUT2D eigenvalue weighted by Gasteiger charge is -2.01. The molecule has 2 aromatic carbocycles. The van der Waals surface area contributed by atoms with Crippen molar-refractivity contribution in [1.29, 1.82) is 0 Å². The Balaban J connectivity index is 2.03. The van der Waals surface area contributed by atoms with Gasteiger partial charge in [-0.05, 0) is 36.4 Å². The van der Waals surface area contributed by atoms with Crippen LogP contribution in [0, 0.1) is 0 Å². The summed E-state index contributed by atoms with van der Waals surface area (Å²) in [5, 5.41) is 29.0. The Morgan fingerprint density at radius 1 is 0.818 bits per heavy atom. The van der Waals surface area contributed by atoms with Gasteiger partial charge in [0, 0.05) is 23.1 Å². The van der Waals surface area contributed by atoms with E-state index in [0.29, 0.717) is 22.1 Å². The summed E-state index contributed by atoms with van der Waals surface area (Å²) in [6, 6.07) is 10.3. The lowest BCUT2D eigenvalue weighted by molar-refractivity contribution is 0.450. The molecule has 22 heavy (non-hydrogen) atoms. The van der Waals surface area contributed by atoms with Gasteiger partial charge in [0.05, 0.1) is 5.56 Å². The predicted molar refractivity (Wildman–Crippen MR) is 82.8 cm³/mol. The van der Waals surface area contributed by atoms with Gasteiger partial charge < -0.3 is 19.7 Å². The third-order valence-electron chi connectivity index (χ3n) is 3.20. The lowest BCUT2D eigenvalue weighted by atomic mass is 10.1. The molecule has 0 saturated carbocycles. The summed E-state index contributed by atoms with van der Waals surface area (Å²) >= 11 is 0. The fourth-order valence-electron chi connectivity index (χ4n) is 2.08. The predicted octanol–water partition coefficient (Wildman–Crippen LogP) is 3.08. The molecule has 0 amide bonds. The van der Waals surface area contributed by atoms with E-state index in [1.807, 2.05) is 0 Å². The largest absolute Gasteiger partial charge is 0.508 e. The van der Waals surface area contributed by atoms with Crippen LogP contribution in [-0.2, 0) is 0 Å². The van der Waals surface area contributed by atoms with Crippen LogP contribution in [-0.4, -0.2) is 15.3 Å². The van der Waals surface area contributed by atoms with Crippen molar-refractivity contribution in [3.05, 3.63) is 64.0 Å². The second-order valence-corrected chi connectivity index (χ2v) is 4.79.